The second kappa shape index (κ2) is 4.33. The van der Waals surface area contributed by atoms with Gasteiger partial charge in [0.15, 0.2) is 0 Å². The van der Waals surface area contributed by atoms with E-state index >= 15 is 0 Å². The Balaban J connectivity index is 1.87. The molecule has 1 saturated heterocycles. The molecule has 1 aliphatic rings. The van der Waals surface area contributed by atoms with Gasteiger partial charge in [-0.1, -0.05) is 44.2 Å². The Bertz CT molecular complexity index is 310. The number of benzene rings is 1. The lowest BCUT2D eigenvalue weighted by molar-refractivity contribution is 0.150. The maximum absolute atomic E-state index is 9.99. The first kappa shape index (κ1) is 10.7. The number of aliphatic hydroxyl groups excluding tert-OH is 1. The highest BCUT2D eigenvalue weighted by Gasteiger charge is 2.37. The van der Waals surface area contributed by atoms with Crippen LogP contribution in [0.1, 0.15) is 25.5 Å². The van der Waals surface area contributed by atoms with Crippen molar-refractivity contribution in [1.82, 2.24) is 4.90 Å². The summed E-state index contributed by atoms with van der Waals surface area (Å²) >= 11 is 0. The van der Waals surface area contributed by atoms with Crippen LogP contribution >= 0.6 is 0 Å². The average Bonchev–Trinajstić information content (AvgIpc) is 2.98. The number of β-amino-alcohol motifs (C(OH)–C–C–N with tert-alkyl or cyclic N) is 1. The zero-order valence-electron chi connectivity index (χ0n) is 9.43. The zero-order valence-corrected chi connectivity index (χ0v) is 9.43. The molecule has 3 atom stereocenters. The van der Waals surface area contributed by atoms with E-state index in [1.54, 1.807) is 0 Å². The molecule has 2 heteroatoms. The van der Waals surface area contributed by atoms with Gasteiger partial charge in [0.25, 0.3) is 0 Å². The molecule has 1 heterocycles. The molecule has 82 valence electrons. The van der Waals surface area contributed by atoms with Gasteiger partial charge in [0.2, 0.25) is 0 Å². The van der Waals surface area contributed by atoms with Crippen LogP contribution in [0.5, 0.6) is 0 Å². The number of nitrogens with zero attached hydrogens (tertiary/aromatic N) is 1. The van der Waals surface area contributed by atoms with Gasteiger partial charge in [0.1, 0.15) is 0 Å². The summed E-state index contributed by atoms with van der Waals surface area (Å²) in [6.07, 6.45) is -0.338. The standard InChI is InChI=1S/C13H19NO/c1-10(2)12-8-14(12)9-13(15)11-6-4-3-5-7-11/h3-7,10,12-13,15H,8-9H2,1-2H3/t12-,13+,14?/m0/s1. The first-order valence-corrected chi connectivity index (χ1v) is 5.65. The summed E-state index contributed by atoms with van der Waals surface area (Å²) in [7, 11) is 0. The van der Waals surface area contributed by atoms with Crippen molar-refractivity contribution in [3.8, 4) is 0 Å². The van der Waals surface area contributed by atoms with Gasteiger partial charge in [-0.25, -0.2) is 0 Å². The van der Waals surface area contributed by atoms with Gasteiger partial charge in [-0.15, -0.1) is 0 Å². The molecule has 2 rings (SSSR count). The summed E-state index contributed by atoms with van der Waals surface area (Å²) in [5.41, 5.74) is 1.02. The Morgan fingerprint density at radius 3 is 2.53 bits per heavy atom. The molecule has 0 saturated carbocycles. The Labute approximate surface area is 91.5 Å². The van der Waals surface area contributed by atoms with Crippen molar-refractivity contribution in [2.24, 2.45) is 5.92 Å². The first-order valence-electron chi connectivity index (χ1n) is 5.65. The molecule has 0 amide bonds. The molecule has 0 aromatic heterocycles. The summed E-state index contributed by atoms with van der Waals surface area (Å²) in [5.74, 6) is 0.702. The summed E-state index contributed by atoms with van der Waals surface area (Å²) in [4.78, 5) is 2.34. The molecule has 0 aliphatic carbocycles. The van der Waals surface area contributed by atoms with E-state index in [1.165, 1.54) is 0 Å². The van der Waals surface area contributed by atoms with Crippen LogP contribution in [0.2, 0.25) is 0 Å². The van der Waals surface area contributed by atoms with Crippen molar-refractivity contribution in [1.29, 1.82) is 0 Å². The molecule has 0 bridgehead atoms. The molecule has 1 N–H and O–H groups in total. The smallest absolute Gasteiger partial charge is 0.0917 e. The minimum atomic E-state index is -0.338. The topological polar surface area (TPSA) is 23.2 Å². The number of aliphatic hydroxyl groups is 1. The van der Waals surface area contributed by atoms with E-state index in [4.69, 9.17) is 0 Å². The van der Waals surface area contributed by atoms with Crippen molar-refractivity contribution in [2.45, 2.75) is 26.0 Å². The van der Waals surface area contributed by atoms with E-state index in [0.717, 1.165) is 18.7 Å². The van der Waals surface area contributed by atoms with E-state index in [9.17, 15) is 5.11 Å². The van der Waals surface area contributed by atoms with Crippen LogP contribution in [0.4, 0.5) is 0 Å². The van der Waals surface area contributed by atoms with Gasteiger partial charge in [0, 0.05) is 19.1 Å². The van der Waals surface area contributed by atoms with Gasteiger partial charge < -0.3 is 5.11 Å². The van der Waals surface area contributed by atoms with Crippen molar-refractivity contribution in [3.63, 3.8) is 0 Å². The molecule has 1 fully saturated rings. The van der Waals surface area contributed by atoms with Crippen molar-refractivity contribution in [3.05, 3.63) is 35.9 Å². The third kappa shape index (κ3) is 2.58. The largest absolute Gasteiger partial charge is 0.387 e. The van der Waals surface area contributed by atoms with E-state index < -0.39 is 0 Å². The minimum Gasteiger partial charge on any atom is -0.387 e. The van der Waals surface area contributed by atoms with Crippen LogP contribution in [-0.4, -0.2) is 29.1 Å². The number of rotatable bonds is 4. The molecule has 1 unspecified atom stereocenters. The maximum Gasteiger partial charge on any atom is 0.0917 e. The van der Waals surface area contributed by atoms with Gasteiger partial charge in [-0.3, -0.25) is 4.90 Å². The highest BCUT2D eigenvalue weighted by Crippen LogP contribution is 2.27. The molecular formula is C13H19NO. The third-order valence-electron chi connectivity index (χ3n) is 3.12. The third-order valence-corrected chi connectivity index (χ3v) is 3.12. The van der Waals surface area contributed by atoms with Crippen LogP contribution in [-0.2, 0) is 0 Å². The van der Waals surface area contributed by atoms with Gasteiger partial charge in [0.05, 0.1) is 6.10 Å². The predicted octanol–water partition coefficient (Wildman–Crippen LogP) is 2.06. The van der Waals surface area contributed by atoms with E-state index in [-0.39, 0.29) is 6.10 Å². The van der Waals surface area contributed by atoms with Gasteiger partial charge >= 0.3 is 0 Å². The van der Waals surface area contributed by atoms with Crippen LogP contribution in [0.3, 0.4) is 0 Å². The lowest BCUT2D eigenvalue weighted by Gasteiger charge is -2.13. The minimum absolute atomic E-state index is 0.338. The monoisotopic (exact) mass is 205 g/mol. The number of hydrogen-bond acceptors (Lipinski definition) is 2. The average molecular weight is 205 g/mol. The van der Waals surface area contributed by atoms with Crippen LogP contribution in [0, 0.1) is 5.92 Å². The van der Waals surface area contributed by atoms with Crippen LogP contribution < -0.4 is 0 Å². The van der Waals surface area contributed by atoms with Crippen LogP contribution in [0.25, 0.3) is 0 Å². The maximum atomic E-state index is 9.99. The molecule has 2 nitrogen and oxygen atoms in total. The lowest BCUT2D eigenvalue weighted by Crippen LogP contribution is -2.15. The van der Waals surface area contributed by atoms with Gasteiger partial charge in [-0.05, 0) is 11.5 Å². The Morgan fingerprint density at radius 2 is 2.00 bits per heavy atom. The molecule has 0 radical (unpaired) electrons. The second-order valence-electron chi connectivity index (χ2n) is 4.69. The highest BCUT2D eigenvalue weighted by atomic mass is 16.3. The molecule has 1 aromatic carbocycles. The second-order valence-corrected chi connectivity index (χ2v) is 4.69. The summed E-state index contributed by atoms with van der Waals surface area (Å²) in [5, 5.41) is 9.99. The Morgan fingerprint density at radius 1 is 1.33 bits per heavy atom. The zero-order chi connectivity index (χ0) is 10.8. The van der Waals surface area contributed by atoms with Crippen molar-refractivity contribution < 1.29 is 5.11 Å². The normalized spacial score (nSPS) is 26.7. The predicted molar refractivity (Wildman–Crippen MR) is 61.6 cm³/mol. The molecule has 15 heavy (non-hydrogen) atoms. The van der Waals surface area contributed by atoms with Gasteiger partial charge in [-0.2, -0.15) is 0 Å². The fourth-order valence-corrected chi connectivity index (χ4v) is 2.04. The van der Waals surface area contributed by atoms with Crippen molar-refractivity contribution >= 4 is 0 Å². The quantitative estimate of drug-likeness (QED) is 0.760. The van der Waals surface area contributed by atoms with Crippen LogP contribution in [0.15, 0.2) is 30.3 Å². The summed E-state index contributed by atoms with van der Waals surface area (Å²) in [6, 6.07) is 10.6. The SMILES string of the molecule is CC(C)[C@@H]1CN1C[C@@H](O)c1ccccc1. The summed E-state index contributed by atoms with van der Waals surface area (Å²) < 4.78 is 0. The lowest BCUT2D eigenvalue weighted by atomic mass is 10.1. The molecular weight excluding hydrogens is 186 g/mol. The first-order chi connectivity index (χ1) is 7.18. The van der Waals surface area contributed by atoms with E-state index in [2.05, 4.69) is 18.7 Å². The Kier molecular flexibility index (Phi) is 3.08. The van der Waals surface area contributed by atoms with Crippen molar-refractivity contribution in [2.75, 3.05) is 13.1 Å². The van der Waals surface area contributed by atoms with E-state index in [0.29, 0.717) is 12.0 Å². The number of hydrogen-bond donors (Lipinski definition) is 1. The van der Waals surface area contributed by atoms with E-state index in [1.807, 2.05) is 30.3 Å². The highest BCUT2D eigenvalue weighted by molar-refractivity contribution is 5.18. The summed E-state index contributed by atoms with van der Waals surface area (Å²) in [6.45, 7) is 6.38. The molecule has 1 aromatic rings. The fourth-order valence-electron chi connectivity index (χ4n) is 2.04. The fraction of sp³-hybridized carbons (Fsp3) is 0.538. The molecule has 0 spiro atoms. The Hall–Kier alpha value is -0.860. The molecule has 1 aliphatic heterocycles.